The van der Waals surface area contributed by atoms with Crippen LogP contribution in [0.15, 0.2) is 42.7 Å². The molecule has 0 spiro atoms. The fourth-order valence-electron chi connectivity index (χ4n) is 5.49. The van der Waals surface area contributed by atoms with Crippen LogP contribution in [-0.4, -0.2) is 39.8 Å². The third kappa shape index (κ3) is 3.20. The average molecular weight is 393 g/mol. The number of aryl methyl sites for hydroxylation is 1. The predicted octanol–water partition coefficient (Wildman–Crippen LogP) is 3.20. The van der Waals surface area contributed by atoms with Gasteiger partial charge in [0.15, 0.2) is 5.82 Å². The number of hydrogen-bond acceptors (Lipinski definition) is 3. The second-order valence-electron chi connectivity index (χ2n) is 8.41. The molecule has 5 nitrogen and oxygen atoms in total. The summed E-state index contributed by atoms with van der Waals surface area (Å²) in [5.74, 6) is -0.566. The molecule has 6 heteroatoms. The molecule has 4 atom stereocenters. The monoisotopic (exact) mass is 393 g/mol. The molecule has 1 aromatic carbocycles. The Labute approximate surface area is 169 Å². The number of carbonyl (C=O) groups excluding carboxylic acids is 2. The molecule has 150 valence electrons. The van der Waals surface area contributed by atoms with E-state index in [1.54, 1.807) is 4.90 Å². The number of pyridine rings is 1. The van der Waals surface area contributed by atoms with Crippen molar-refractivity contribution in [3.05, 3.63) is 65.2 Å². The standard InChI is InChI=1S/C23H24FN3O2/c24-19-13-25-10-9-18(19)23(29)27-16-7-8-21(27)20(12-16)26-22(28)11-15-6-5-14-3-1-2-4-17(14)15/h1-4,9-10,13,15-16,20-21H,5-8,11-12H2,(H,26,28)/t15?,16-,20+,21+/m1/s1. The lowest BCUT2D eigenvalue weighted by atomic mass is 9.94. The van der Waals surface area contributed by atoms with Gasteiger partial charge in [-0.1, -0.05) is 24.3 Å². The smallest absolute Gasteiger partial charge is 0.257 e. The van der Waals surface area contributed by atoms with E-state index in [4.69, 9.17) is 0 Å². The number of amides is 2. The number of benzene rings is 1. The van der Waals surface area contributed by atoms with Gasteiger partial charge in [0.05, 0.1) is 23.8 Å². The second-order valence-corrected chi connectivity index (χ2v) is 8.41. The Morgan fingerprint density at radius 2 is 2.03 bits per heavy atom. The van der Waals surface area contributed by atoms with E-state index in [2.05, 4.69) is 22.4 Å². The minimum Gasteiger partial charge on any atom is -0.351 e. The van der Waals surface area contributed by atoms with Gasteiger partial charge in [-0.25, -0.2) is 4.39 Å². The molecule has 2 aromatic rings. The third-order valence-corrected chi connectivity index (χ3v) is 6.81. The highest BCUT2D eigenvalue weighted by atomic mass is 19.1. The summed E-state index contributed by atoms with van der Waals surface area (Å²) in [5.41, 5.74) is 2.70. The molecule has 2 saturated heterocycles. The van der Waals surface area contributed by atoms with E-state index in [0.29, 0.717) is 6.42 Å². The molecule has 29 heavy (non-hydrogen) atoms. The summed E-state index contributed by atoms with van der Waals surface area (Å²) < 4.78 is 14.0. The van der Waals surface area contributed by atoms with Crippen LogP contribution >= 0.6 is 0 Å². The summed E-state index contributed by atoms with van der Waals surface area (Å²) in [6, 6.07) is 9.75. The normalized spacial score (nSPS) is 27.1. The van der Waals surface area contributed by atoms with Crippen molar-refractivity contribution in [2.75, 3.05) is 0 Å². The molecular weight excluding hydrogens is 369 g/mol. The van der Waals surface area contributed by atoms with Crippen LogP contribution < -0.4 is 5.32 Å². The number of aromatic nitrogens is 1. The van der Waals surface area contributed by atoms with Gasteiger partial charge < -0.3 is 10.2 Å². The van der Waals surface area contributed by atoms with Crippen molar-refractivity contribution in [3.8, 4) is 0 Å². The number of hydrogen-bond donors (Lipinski definition) is 1. The summed E-state index contributed by atoms with van der Waals surface area (Å²) in [6.45, 7) is 0. The maximum absolute atomic E-state index is 14.0. The lowest BCUT2D eigenvalue weighted by Gasteiger charge is -2.25. The van der Waals surface area contributed by atoms with E-state index in [1.165, 1.54) is 23.4 Å². The van der Waals surface area contributed by atoms with Crippen molar-refractivity contribution >= 4 is 11.8 Å². The molecule has 2 amide bonds. The Bertz CT molecular complexity index is 963. The molecule has 2 aliphatic heterocycles. The maximum Gasteiger partial charge on any atom is 0.257 e. The van der Waals surface area contributed by atoms with Crippen LogP contribution in [0.25, 0.3) is 0 Å². The maximum atomic E-state index is 14.0. The first-order valence-corrected chi connectivity index (χ1v) is 10.4. The fraction of sp³-hybridized carbons (Fsp3) is 0.435. The van der Waals surface area contributed by atoms with Gasteiger partial charge in [0.2, 0.25) is 5.91 Å². The van der Waals surface area contributed by atoms with Gasteiger partial charge >= 0.3 is 0 Å². The van der Waals surface area contributed by atoms with Crippen molar-refractivity contribution in [2.24, 2.45) is 0 Å². The Hall–Kier alpha value is -2.76. The zero-order valence-electron chi connectivity index (χ0n) is 16.2. The molecule has 3 heterocycles. The lowest BCUT2D eigenvalue weighted by molar-refractivity contribution is -0.122. The second kappa shape index (κ2) is 7.25. The predicted molar refractivity (Wildman–Crippen MR) is 106 cm³/mol. The van der Waals surface area contributed by atoms with E-state index in [0.717, 1.165) is 38.3 Å². The number of fused-ring (bicyclic) bond motifs is 3. The van der Waals surface area contributed by atoms with Gasteiger partial charge in [0.1, 0.15) is 0 Å². The molecule has 1 aromatic heterocycles. The molecule has 1 N–H and O–H groups in total. The van der Waals surface area contributed by atoms with Crippen molar-refractivity contribution in [3.63, 3.8) is 0 Å². The molecule has 5 rings (SSSR count). The summed E-state index contributed by atoms with van der Waals surface area (Å²) in [6.07, 6.45) is 7.54. The van der Waals surface area contributed by atoms with Crippen LogP contribution in [0.2, 0.25) is 0 Å². The summed E-state index contributed by atoms with van der Waals surface area (Å²) >= 11 is 0. The highest BCUT2D eigenvalue weighted by Crippen LogP contribution is 2.40. The van der Waals surface area contributed by atoms with Crippen molar-refractivity contribution in [1.82, 2.24) is 15.2 Å². The first-order valence-electron chi connectivity index (χ1n) is 10.4. The first kappa shape index (κ1) is 18.3. The Morgan fingerprint density at radius 3 is 2.90 bits per heavy atom. The Kier molecular flexibility index (Phi) is 4.57. The molecule has 2 bridgehead atoms. The Morgan fingerprint density at radius 1 is 1.17 bits per heavy atom. The SMILES string of the molecule is O=C(CC1CCc2ccccc21)N[C@H]1C[C@H]2CC[C@@H]1N2C(=O)c1ccncc1F. The lowest BCUT2D eigenvalue weighted by Crippen LogP contribution is -2.45. The molecule has 0 radical (unpaired) electrons. The molecule has 2 fully saturated rings. The summed E-state index contributed by atoms with van der Waals surface area (Å²) in [7, 11) is 0. The van der Waals surface area contributed by atoms with E-state index in [9.17, 15) is 14.0 Å². The summed E-state index contributed by atoms with van der Waals surface area (Å²) in [5, 5.41) is 3.18. The van der Waals surface area contributed by atoms with Crippen LogP contribution in [0, 0.1) is 5.82 Å². The molecule has 0 saturated carbocycles. The largest absolute Gasteiger partial charge is 0.351 e. The van der Waals surface area contributed by atoms with E-state index in [1.807, 2.05) is 12.1 Å². The van der Waals surface area contributed by atoms with Crippen molar-refractivity contribution in [1.29, 1.82) is 0 Å². The van der Waals surface area contributed by atoms with Crippen LogP contribution in [0.1, 0.15) is 59.5 Å². The molecular formula is C23H24FN3O2. The van der Waals surface area contributed by atoms with Crippen LogP contribution in [0.3, 0.4) is 0 Å². The topological polar surface area (TPSA) is 62.3 Å². The van der Waals surface area contributed by atoms with E-state index in [-0.39, 0.29) is 41.4 Å². The summed E-state index contributed by atoms with van der Waals surface area (Å²) in [4.78, 5) is 31.2. The van der Waals surface area contributed by atoms with Gasteiger partial charge in [-0.3, -0.25) is 14.6 Å². The number of halogens is 1. The Balaban J connectivity index is 1.25. The van der Waals surface area contributed by atoms with Gasteiger partial charge in [0.25, 0.3) is 5.91 Å². The zero-order valence-corrected chi connectivity index (χ0v) is 16.2. The number of nitrogens with zero attached hydrogens (tertiary/aromatic N) is 2. The van der Waals surface area contributed by atoms with Crippen LogP contribution in [0.4, 0.5) is 4.39 Å². The molecule has 1 aliphatic carbocycles. The van der Waals surface area contributed by atoms with E-state index >= 15 is 0 Å². The van der Waals surface area contributed by atoms with E-state index < -0.39 is 5.82 Å². The fourth-order valence-corrected chi connectivity index (χ4v) is 5.49. The number of carbonyl (C=O) groups is 2. The van der Waals surface area contributed by atoms with Crippen molar-refractivity contribution in [2.45, 2.75) is 62.6 Å². The van der Waals surface area contributed by atoms with Crippen LogP contribution in [0.5, 0.6) is 0 Å². The van der Waals surface area contributed by atoms with Crippen LogP contribution in [-0.2, 0) is 11.2 Å². The zero-order chi connectivity index (χ0) is 20.0. The van der Waals surface area contributed by atoms with Gasteiger partial charge in [-0.15, -0.1) is 0 Å². The van der Waals surface area contributed by atoms with Gasteiger partial charge in [-0.05, 0) is 55.2 Å². The average Bonchev–Trinajstić information content (AvgIpc) is 3.41. The highest BCUT2D eigenvalue weighted by molar-refractivity contribution is 5.95. The third-order valence-electron chi connectivity index (χ3n) is 6.81. The molecule has 1 unspecified atom stereocenters. The van der Waals surface area contributed by atoms with Gasteiger partial charge in [-0.2, -0.15) is 0 Å². The minimum absolute atomic E-state index is 0.0479. The quantitative estimate of drug-likeness (QED) is 0.868. The minimum atomic E-state index is -0.593. The number of rotatable bonds is 4. The molecule has 3 aliphatic rings. The van der Waals surface area contributed by atoms with Gasteiger partial charge in [0, 0.05) is 18.7 Å². The van der Waals surface area contributed by atoms with Crippen molar-refractivity contribution < 1.29 is 14.0 Å². The highest BCUT2D eigenvalue weighted by Gasteiger charge is 2.49. The number of nitrogens with one attached hydrogen (secondary N) is 1. The first-order chi connectivity index (χ1) is 14.1.